The van der Waals surface area contributed by atoms with Crippen molar-refractivity contribution in [1.82, 2.24) is 0 Å². The molecule has 1 saturated carbocycles. The number of hydrogen-bond donors (Lipinski definition) is 0. The van der Waals surface area contributed by atoms with Gasteiger partial charge in [-0.3, -0.25) is 4.79 Å². The van der Waals surface area contributed by atoms with Gasteiger partial charge in [0.15, 0.2) is 0 Å². The van der Waals surface area contributed by atoms with Crippen molar-refractivity contribution in [2.45, 2.75) is 38.0 Å². The molecule has 0 aliphatic heterocycles. The first-order valence-corrected chi connectivity index (χ1v) is 6.03. The molecule has 0 heterocycles. The minimum absolute atomic E-state index is 0.160. The minimum Gasteiger partial charge on any atom is -0.545 e. The van der Waals surface area contributed by atoms with E-state index in [1.54, 1.807) is 18.2 Å². The number of carbonyl (C=O) groups is 2. The molecule has 1 aliphatic carbocycles. The fourth-order valence-corrected chi connectivity index (χ4v) is 2.48. The molecule has 0 bridgehead atoms. The van der Waals surface area contributed by atoms with Crippen LogP contribution >= 0.6 is 0 Å². The number of carbonyl (C=O) groups excluding carboxylic acids is 2. The Morgan fingerprint density at radius 2 is 1.94 bits per heavy atom. The van der Waals surface area contributed by atoms with Crippen molar-refractivity contribution in [3.63, 3.8) is 0 Å². The first-order valence-electron chi connectivity index (χ1n) is 6.03. The normalized spacial score (nSPS) is 20.9. The van der Waals surface area contributed by atoms with Gasteiger partial charge < -0.3 is 9.90 Å². The maximum absolute atomic E-state index is 12.0. The van der Waals surface area contributed by atoms with Gasteiger partial charge in [-0.05, 0) is 18.4 Å². The summed E-state index contributed by atoms with van der Waals surface area (Å²) in [6.45, 7) is 0. The van der Waals surface area contributed by atoms with Crippen LogP contribution in [0.2, 0.25) is 0 Å². The van der Waals surface area contributed by atoms with E-state index in [1.165, 1.54) is 6.07 Å². The lowest BCUT2D eigenvalue weighted by Gasteiger charge is -2.18. The van der Waals surface area contributed by atoms with Crippen LogP contribution in [0.25, 0.3) is 0 Å². The molecule has 90 valence electrons. The van der Waals surface area contributed by atoms with E-state index in [9.17, 15) is 14.7 Å². The highest BCUT2D eigenvalue weighted by atomic mass is 16.4. The summed E-state index contributed by atoms with van der Waals surface area (Å²) in [6, 6.07) is 6.69. The van der Waals surface area contributed by atoms with Crippen LogP contribution in [0.5, 0.6) is 0 Å². The monoisotopic (exact) mass is 231 g/mol. The third-order valence-corrected chi connectivity index (χ3v) is 3.36. The van der Waals surface area contributed by atoms with Crippen molar-refractivity contribution in [2.75, 3.05) is 0 Å². The summed E-state index contributed by atoms with van der Waals surface area (Å²) >= 11 is 0. The molecule has 3 heteroatoms. The zero-order valence-corrected chi connectivity index (χ0v) is 9.65. The lowest BCUT2D eigenvalue weighted by molar-refractivity contribution is -0.255. The molecule has 0 aromatic heterocycles. The summed E-state index contributed by atoms with van der Waals surface area (Å²) in [4.78, 5) is 23.0. The molecule has 0 radical (unpaired) electrons. The molecule has 2 rings (SSSR count). The Hall–Kier alpha value is -1.64. The standard InChI is InChI=1S/C14H16O3/c15-13-9-3-1-2-7-11(13)10-6-4-5-8-12(10)14(16)17/h4-6,8,11H,1-3,7,9H2,(H,16,17)/p-1. The van der Waals surface area contributed by atoms with Gasteiger partial charge in [-0.1, -0.05) is 37.1 Å². The van der Waals surface area contributed by atoms with Gasteiger partial charge in [0.05, 0.1) is 5.97 Å². The van der Waals surface area contributed by atoms with Gasteiger partial charge in [0.1, 0.15) is 5.78 Å². The molecule has 0 N–H and O–H groups in total. The predicted molar refractivity (Wildman–Crippen MR) is 61.6 cm³/mol. The van der Waals surface area contributed by atoms with Gasteiger partial charge in [0.2, 0.25) is 0 Å². The van der Waals surface area contributed by atoms with E-state index in [1.807, 2.05) is 0 Å². The van der Waals surface area contributed by atoms with Crippen molar-refractivity contribution < 1.29 is 14.7 Å². The van der Waals surface area contributed by atoms with Crippen LogP contribution in [0.15, 0.2) is 24.3 Å². The van der Waals surface area contributed by atoms with Crippen LogP contribution in [0, 0.1) is 0 Å². The molecule has 1 aromatic carbocycles. The van der Waals surface area contributed by atoms with Crippen molar-refractivity contribution >= 4 is 11.8 Å². The zero-order valence-electron chi connectivity index (χ0n) is 9.65. The molecule has 1 atom stereocenters. The summed E-state index contributed by atoms with van der Waals surface area (Å²) in [5.74, 6) is -1.29. The Morgan fingerprint density at radius 1 is 1.18 bits per heavy atom. The summed E-state index contributed by atoms with van der Waals surface area (Å²) < 4.78 is 0. The molecule has 3 nitrogen and oxygen atoms in total. The first-order chi connectivity index (χ1) is 8.20. The predicted octanol–water partition coefficient (Wildman–Crippen LogP) is 1.67. The molecule has 0 spiro atoms. The number of ketones is 1. The van der Waals surface area contributed by atoms with E-state index < -0.39 is 5.97 Å². The Bertz CT molecular complexity index is 437. The van der Waals surface area contributed by atoms with Crippen molar-refractivity contribution in [3.8, 4) is 0 Å². The van der Waals surface area contributed by atoms with E-state index in [2.05, 4.69) is 0 Å². The number of aromatic carboxylic acids is 1. The average molecular weight is 231 g/mol. The number of Topliss-reactive ketones (excluding diaryl/α,β-unsaturated/α-hetero) is 1. The van der Waals surface area contributed by atoms with Crippen molar-refractivity contribution in [1.29, 1.82) is 0 Å². The van der Waals surface area contributed by atoms with E-state index in [0.717, 1.165) is 25.7 Å². The smallest absolute Gasteiger partial charge is 0.140 e. The van der Waals surface area contributed by atoms with Gasteiger partial charge in [-0.2, -0.15) is 0 Å². The number of rotatable bonds is 2. The van der Waals surface area contributed by atoms with Crippen LogP contribution in [0.4, 0.5) is 0 Å². The summed E-state index contributed by atoms with van der Waals surface area (Å²) in [6.07, 6.45) is 4.27. The Balaban J connectivity index is 2.37. The highest BCUT2D eigenvalue weighted by molar-refractivity contribution is 5.93. The second-order valence-electron chi connectivity index (χ2n) is 4.49. The van der Waals surface area contributed by atoms with Crippen LogP contribution in [0.1, 0.15) is 53.9 Å². The average Bonchev–Trinajstić information content (AvgIpc) is 2.54. The first kappa shape index (κ1) is 11.8. The van der Waals surface area contributed by atoms with E-state index in [-0.39, 0.29) is 17.3 Å². The zero-order chi connectivity index (χ0) is 12.3. The quantitative estimate of drug-likeness (QED) is 0.727. The van der Waals surface area contributed by atoms with Crippen LogP contribution in [-0.4, -0.2) is 11.8 Å². The van der Waals surface area contributed by atoms with Gasteiger partial charge in [-0.15, -0.1) is 0 Å². The largest absolute Gasteiger partial charge is 0.545 e. The number of benzene rings is 1. The number of carboxylic acids is 1. The highest BCUT2D eigenvalue weighted by Crippen LogP contribution is 2.30. The minimum atomic E-state index is -1.20. The maximum Gasteiger partial charge on any atom is 0.140 e. The Morgan fingerprint density at radius 3 is 2.71 bits per heavy atom. The lowest BCUT2D eigenvalue weighted by Crippen LogP contribution is -2.25. The number of hydrogen-bond acceptors (Lipinski definition) is 3. The molecule has 1 fully saturated rings. The van der Waals surface area contributed by atoms with Crippen LogP contribution < -0.4 is 5.11 Å². The molecule has 1 aliphatic rings. The van der Waals surface area contributed by atoms with E-state index >= 15 is 0 Å². The van der Waals surface area contributed by atoms with Gasteiger partial charge in [-0.25, -0.2) is 0 Å². The van der Waals surface area contributed by atoms with E-state index in [4.69, 9.17) is 0 Å². The van der Waals surface area contributed by atoms with Crippen molar-refractivity contribution in [3.05, 3.63) is 35.4 Å². The molecular weight excluding hydrogens is 216 g/mol. The molecule has 1 unspecified atom stereocenters. The SMILES string of the molecule is O=C([O-])c1ccccc1C1CCCCCC1=O. The Labute approximate surface area is 100 Å². The molecule has 17 heavy (non-hydrogen) atoms. The van der Waals surface area contributed by atoms with Gasteiger partial charge in [0, 0.05) is 17.9 Å². The van der Waals surface area contributed by atoms with Crippen LogP contribution in [-0.2, 0) is 4.79 Å². The summed E-state index contributed by atoms with van der Waals surface area (Å²) in [7, 11) is 0. The molecule has 0 amide bonds. The summed E-state index contributed by atoms with van der Waals surface area (Å²) in [5, 5.41) is 11.0. The van der Waals surface area contributed by atoms with Crippen LogP contribution in [0.3, 0.4) is 0 Å². The summed E-state index contributed by atoms with van der Waals surface area (Å²) in [5.41, 5.74) is 0.784. The third-order valence-electron chi connectivity index (χ3n) is 3.36. The van der Waals surface area contributed by atoms with Crippen molar-refractivity contribution in [2.24, 2.45) is 0 Å². The van der Waals surface area contributed by atoms with Gasteiger partial charge in [0.25, 0.3) is 0 Å². The molecule has 1 aromatic rings. The fraction of sp³-hybridized carbons (Fsp3) is 0.429. The van der Waals surface area contributed by atoms with Gasteiger partial charge >= 0.3 is 0 Å². The second-order valence-corrected chi connectivity index (χ2v) is 4.49. The topological polar surface area (TPSA) is 57.2 Å². The Kier molecular flexibility index (Phi) is 3.57. The maximum atomic E-state index is 12.0. The number of carboxylic acid groups (broad SMARTS) is 1. The highest BCUT2D eigenvalue weighted by Gasteiger charge is 2.24. The molecular formula is C14H15O3-. The fourth-order valence-electron chi connectivity index (χ4n) is 2.48. The van der Waals surface area contributed by atoms with E-state index in [0.29, 0.717) is 12.0 Å². The second kappa shape index (κ2) is 5.13. The third kappa shape index (κ3) is 2.54. The lowest BCUT2D eigenvalue weighted by atomic mass is 9.87. The molecule has 0 saturated heterocycles.